The van der Waals surface area contributed by atoms with Crippen LogP contribution in [0.2, 0.25) is 0 Å². The SMILES string of the molecule is Cc1ccc(C)n1CC(=O)Nc1nn[nH]n1. The molecule has 0 aliphatic carbocycles. The fourth-order valence-corrected chi connectivity index (χ4v) is 1.47. The zero-order valence-electron chi connectivity index (χ0n) is 9.06. The predicted molar refractivity (Wildman–Crippen MR) is 56.7 cm³/mol. The lowest BCUT2D eigenvalue weighted by atomic mass is 10.4. The maximum atomic E-state index is 11.6. The highest BCUT2D eigenvalue weighted by Gasteiger charge is 2.09. The van der Waals surface area contributed by atoms with Gasteiger partial charge in [-0.25, -0.2) is 0 Å². The van der Waals surface area contributed by atoms with E-state index in [0.717, 1.165) is 11.4 Å². The van der Waals surface area contributed by atoms with Gasteiger partial charge in [0, 0.05) is 11.4 Å². The fourth-order valence-electron chi connectivity index (χ4n) is 1.47. The Morgan fingerprint density at radius 3 is 2.69 bits per heavy atom. The van der Waals surface area contributed by atoms with Crippen LogP contribution in [0.3, 0.4) is 0 Å². The first-order valence-electron chi connectivity index (χ1n) is 4.83. The second-order valence-electron chi connectivity index (χ2n) is 3.49. The summed E-state index contributed by atoms with van der Waals surface area (Å²) in [7, 11) is 0. The van der Waals surface area contributed by atoms with Crippen molar-refractivity contribution in [2.24, 2.45) is 0 Å². The van der Waals surface area contributed by atoms with Crippen molar-refractivity contribution < 1.29 is 4.79 Å². The van der Waals surface area contributed by atoms with E-state index >= 15 is 0 Å². The van der Waals surface area contributed by atoms with Crippen molar-refractivity contribution >= 4 is 11.9 Å². The summed E-state index contributed by atoms with van der Waals surface area (Å²) in [4.78, 5) is 11.6. The number of tetrazole rings is 1. The van der Waals surface area contributed by atoms with Crippen LogP contribution in [-0.4, -0.2) is 31.1 Å². The summed E-state index contributed by atoms with van der Waals surface area (Å²) in [5, 5.41) is 15.4. The number of aromatic amines is 1. The second kappa shape index (κ2) is 4.13. The summed E-state index contributed by atoms with van der Waals surface area (Å²) >= 11 is 0. The highest BCUT2D eigenvalue weighted by atomic mass is 16.2. The van der Waals surface area contributed by atoms with E-state index in [2.05, 4.69) is 25.9 Å². The van der Waals surface area contributed by atoms with Gasteiger partial charge in [0.25, 0.3) is 5.95 Å². The van der Waals surface area contributed by atoms with Gasteiger partial charge in [-0.1, -0.05) is 5.10 Å². The zero-order valence-corrected chi connectivity index (χ0v) is 9.06. The molecular weight excluding hydrogens is 208 g/mol. The lowest BCUT2D eigenvalue weighted by Crippen LogP contribution is -2.20. The van der Waals surface area contributed by atoms with Crippen molar-refractivity contribution in [1.82, 2.24) is 25.2 Å². The van der Waals surface area contributed by atoms with Gasteiger partial charge >= 0.3 is 0 Å². The van der Waals surface area contributed by atoms with Gasteiger partial charge in [0.15, 0.2) is 0 Å². The smallest absolute Gasteiger partial charge is 0.269 e. The van der Waals surface area contributed by atoms with Gasteiger partial charge in [-0.3, -0.25) is 10.1 Å². The van der Waals surface area contributed by atoms with Gasteiger partial charge in [0.2, 0.25) is 5.91 Å². The number of carbonyl (C=O) groups is 1. The van der Waals surface area contributed by atoms with E-state index in [9.17, 15) is 4.79 Å². The van der Waals surface area contributed by atoms with Crippen LogP contribution in [0.25, 0.3) is 0 Å². The van der Waals surface area contributed by atoms with Crippen LogP contribution >= 0.6 is 0 Å². The van der Waals surface area contributed by atoms with Crippen LogP contribution in [0.5, 0.6) is 0 Å². The first-order chi connectivity index (χ1) is 7.66. The number of nitrogens with one attached hydrogen (secondary N) is 2. The molecule has 0 aromatic carbocycles. The average molecular weight is 220 g/mol. The molecule has 0 saturated heterocycles. The summed E-state index contributed by atoms with van der Waals surface area (Å²) in [6.45, 7) is 4.16. The number of hydrogen-bond acceptors (Lipinski definition) is 4. The largest absolute Gasteiger partial charge is 0.340 e. The molecule has 2 aromatic heterocycles. The third-order valence-corrected chi connectivity index (χ3v) is 2.32. The van der Waals surface area contributed by atoms with Crippen molar-refractivity contribution in [3.05, 3.63) is 23.5 Å². The van der Waals surface area contributed by atoms with Crippen molar-refractivity contribution in [3.8, 4) is 0 Å². The summed E-state index contributed by atoms with van der Waals surface area (Å²) in [5.74, 6) is 0.0104. The molecule has 7 nitrogen and oxygen atoms in total. The first kappa shape index (κ1) is 10.3. The van der Waals surface area contributed by atoms with Gasteiger partial charge in [-0.15, -0.1) is 5.10 Å². The average Bonchev–Trinajstić information content (AvgIpc) is 2.83. The highest BCUT2D eigenvalue weighted by molar-refractivity contribution is 5.88. The fraction of sp³-hybridized carbons (Fsp3) is 0.333. The van der Waals surface area contributed by atoms with E-state index in [4.69, 9.17) is 0 Å². The monoisotopic (exact) mass is 220 g/mol. The van der Waals surface area contributed by atoms with E-state index in [0.29, 0.717) is 0 Å². The molecule has 0 saturated carbocycles. The van der Waals surface area contributed by atoms with E-state index < -0.39 is 0 Å². The van der Waals surface area contributed by atoms with Crippen LogP contribution < -0.4 is 5.32 Å². The minimum absolute atomic E-state index is 0.177. The minimum atomic E-state index is -0.177. The van der Waals surface area contributed by atoms with Crippen LogP contribution in [-0.2, 0) is 11.3 Å². The highest BCUT2D eigenvalue weighted by Crippen LogP contribution is 2.06. The molecule has 0 radical (unpaired) electrons. The summed E-state index contributed by atoms with van der Waals surface area (Å²) < 4.78 is 1.91. The third-order valence-electron chi connectivity index (χ3n) is 2.32. The summed E-state index contributed by atoms with van der Waals surface area (Å²) in [6.07, 6.45) is 0. The number of H-pyrrole nitrogens is 1. The zero-order chi connectivity index (χ0) is 11.5. The number of nitrogens with zero attached hydrogens (tertiary/aromatic N) is 4. The molecule has 1 amide bonds. The third kappa shape index (κ3) is 2.08. The topological polar surface area (TPSA) is 88.5 Å². The van der Waals surface area contributed by atoms with Crippen LogP contribution in [0.15, 0.2) is 12.1 Å². The molecule has 0 aliphatic heterocycles. The van der Waals surface area contributed by atoms with E-state index in [1.54, 1.807) is 0 Å². The molecule has 84 valence electrons. The number of aromatic nitrogens is 5. The molecule has 0 aliphatic rings. The quantitative estimate of drug-likeness (QED) is 0.776. The van der Waals surface area contributed by atoms with Gasteiger partial charge < -0.3 is 4.57 Å². The normalized spacial score (nSPS) is 10.4. The molecule has 2 N–H and O–H groups in total. The first-order valence-corrected chi connectivity index (χ1v) is 4.83. The van der Waals surface area contributed by atoms with Crippen LogP contribution in [0.4, 0.5) is 5.95 Å². The molecule has 0 unspecified atom stereocenters. The maximum absolute atomic E-state index is 11.6. The molecule has 16 heavy (non-hydrogen) atoms. The van der Waals surface area contributed by atoms with Gasteiger partial charge in [0.1, 0.15) is 6.54 Å². The Morgan fingerprint density at radius 2 is 2.12 bits per heavy atom. The van der Waals surface area contributed by atoms with Crippen molar-refractivity contribution in [2.75, 3.05) is 5.32 Å². The Morgan fingerprint density at radius 1 is 1.44 bits per heavy atom. The molecular formula is C9H12N6O. The molecule has 0 bridgehead atoms. The predicted octanol–water partition coefficient (Wildman–Crippen LogP) is 0.257. The van der Waals surface area contributed by atoms with Gasteiger partial charge in [-0.05, 0) is 31.2 Å². The van der Waals surface area contributed by atoms with Crippen LogP contribution in [0, 0.1) is 13.8 Å². The van der Waals surface area contributed by atoms with Crippen molar-refractivity contribution in [2.45, 2.75) is 20.4 Å². The molecule has 0 spiro atoms. The Hall–Kier alpha value is -2.18. The summed E-state index contributed by atoms with van der Waals surface area (Å²) in [5.41, 5.74) is 2.08. The molecule has 2 aromatic rings. The van der Waals surface area contributed by atoms with Crippen LogP contribution in [0.1, 0.15) is 11.4 Å². The Kier molecular flexibility index (Phi) is 2.67. The number of carbonyl (C=O) groups excluding carboxylic acids is 1. The summed E-state index contributed by atoms with van der Waals surface area (Å²) in [6, 6.07) is 3.94. The van der Waals surface area contributed by atoms with Gasteiger partial charge in [0.05, 0.1) is 0 Å². The van der Waals surface area contributed by atoms with E-state index in [-0.39, 0.29) is 18.4 Å². The number of aryl methyl sites for hydroxylation is 2. The van der Waals surface area contributed by atoms with Gasteiger partial charge in [-0.2, -0.15) is 5.21 Å². The lowest BCUT2D eigenvalue weighted by Gasteiger charge is -2.07. The van der Waals surface area contributed by atoms with Crippen molar-refractivity contribution in [1.29, 1.82) is 0 Å². The molecule has 2 heterocycles. The molecule has 0 atom stereocenters. The standard InChI is InChI=1S/C9H12N6O/c1-6-3-4-7(2)15(6)5-8(16)10-9-11-13-14-12-9/h3-4H,5H2,1-2H3,(H2,10,11,12,13,14,16). The van der Waals surface area contributed by atoms with E-state index in [1.165, 1.54) is 0 Å². The Bertz CT molecular complexity index is 467. The Labute approximate surface area is 91.9 Å². The van der Waals surface area contributed by atoms with E-state index in [1.807, 2.05) is 30.5 Å². The number of anilines is 1. The minimum Gasteiger partial charge on any atom is -0.340 e. The Balaban J connectivity index is 2.03. The number of hydrogen-bond donors (Lipinski definition) is 2. The molecule has 0 fully saturated rings. The lowest BCUT2D eigenvalue weighted by molar-refractivity contribution is -0.116. The maximum Gasteiger partial charge on any atom is 0.269 e. The number of amides is 1. The molecule has 2 rings (SSSR count). The molecule has 7 heteroatoms. The second-order valence-corrected chi connectivity index (χ2v) is 3.49. The van der Waals surface area contributed by atoms with Crippen molar-refractivity contribution in [3.63, 3.8) is 0 Å². The number of rotatable bonds is 3.